The highest BCUT2D eigenvalue weighted by Crippen LogP contribution is 2.43. The van der Waals surface area contributed by atoms with E-state index in [1.54, 1.807) is 6.08 Å². The number of unbranched alkanes of at least 4 members (excludes halogenated alkanes) is 33. The maximum Gasteiger partial charge on any atom is 0.472 e. The van der Waals surface area contributed by atoms with Crippen molar-refractivity contribution in [3.63, 3.8) is 0 Å². The van der Waals surface area contributed by atoms with Gasteiger partial charge >= 0.3 is 7.82 Å². The lowest BCUT2D eigenvalue weighted by molar-refractivity contribution is -0.870. The third-order valence-corrected chi connectivity index (χ3v) is 13.3. The number of carbonyl (C=O) groups is 1. The lowest BCUT2D eigenvalue weighted by Crippen LogP contribution is -2.45. The molecule has 3 N–H and O–H groups in total. The zero-order chi connectivity index (χ0) is 47.1. The van der Waals surface area contributed by atoms with Crippen LogP contribution in [0.2, 0.25) is 0 Å². The summed E-state index contributed by atoms with van der Waals surface area (Å²) in [6.07, 6.45) is 59.5. The minimum atomic E-state index is -4.34. The van der Waals surface area contributed by atoms with Crippen LogP contribution < -0.4 is 5.32 Å². The van der Waals surface area contributed by atoms with E-state index < -0.39 is 20.0 Å². The molecular weight excluding hydrogens is 816 g/mol. The maximum atomic E-state index is 12.9. The molecule has 0 aliphatic rings. The first-order chi connectivity index (χ1) is 31.0. The largest absolute Gasteiger partial charge is 0.472 e. The van der Waals surface area contributed by atoms with Gasteiger partial charge < -0.3 is 19.8 Å². The molecule has 0 radical (unpaired) electrons. The number of amides is 1. The van der Waals surface area contributed by atoms with Crippen molar-refractivity contribution in [2.75, 3.05) is 40.9 Å². The first-order valence-corrected chi connectivity index (χ1v) is 28.9. The average Bonchev–Trinajstić information content (AvgIpc) is 3.25. The summed E-state index contributed by atoms with van der Waals surface area (Å²) in [6.45, 7) is 4.83. The Hall–Kier alpha value is -1.28. The zero-order valence-electron chi connectivity index (χ0n) is 43.0. The standard InChI is InChI=1S/C55H107N2O6P/c1-6-8-10-12-14-16-18-20-22-23-24-25-26-27-28-29-30-31-32-33-35-37-39-41-43-45-47-49-55(59)56-53(52-63-64(60,61)62-51-50-57(3,4)5)54(58)48-46-44-42-40-38-36-34-21-19-17-15-13-11-9-7-2/h18,20,23-24,46,48,53-54,58H,6-17,19,21-22,25-45,47,49-52H2,1-5H3,(H-,56,59,60,61)/p+1/b20-18-,24-23-,48-46+. The summed E-state index contributed by atoms with van der Waals surface area (Å²) >= 11 is 0. The van der Waals surface area contributed by atoms with Gasteiger partial charge in [0.25, 0.3) is 0 Å². The van der Waals surface area contributed by atoms with Crippen molar-refractivity contribution in [2.45, 2.75) is 270 Å². The maximum absolute atomic E-state index is 12.9. The Kier molecular flexibility index (Phi) is 45.9. The highest BCUT2D eigenvalue weighted by atomic mass is 31.2. The second-order valence-electron chi connectivity index (χ2n) is 20.0. The zero-order valence-corrected chi connectivity index (χ0v) is 43.9. The molecule has 378 valence electrons. The van der Waals surface area contributed by atoms with Gasteiger partial charge in [0.1, 0.15) is 13.2 Å². The Morgan fingerprint density at radius 1 is 0.531 bits per heavy atom. The smallest absolute Gasteiger partial charge is 0.387 e. The molecule has 0 fully saturated rings. The molecule has 0 spiro atoms. The molecule has 1 amide bonds. The summed E-state index contributed by atoms with van der Waals surface area (Å²) in [5.74, 6) is -0.175. The Morgan fingerprint density at radius 3 is 1.28 bits per heavy atom. The monoisotopic (exact) mass is 924 g/mol. The number of nitrogens with one attached hydrogen (secondary N) is 1. The Labute approximate surface area is 397 Å². The number of nitrogens with zero attached hydrogens (tertiary/aromatic N) is 1. The van der Waals surface area contributed by atoms with Crippen LogP contribution in [0.4, 0.5) is 0 Å². The van der Waals surface area contributed by atoms with E-state index in [4.69, 9.17) is 9.05 Å². The van der Waals surface area contributed by atoms with Crippen LogP contribution in [0.5, 0.6) is 0 Å². The molecule has 0 aliphatic carbocycles. The van der Waals surface area contributed by atoms with E-state index in [0.717, 1.165) is 44.9 Å². The average molecular weight is 924 g/mol. The van der Waals surface area contributed by atoms with Crippen LogP contribution in [0.15, 0.2) is 36.5 Å². The molecule has 3 atom stereocenters. The van der Waals surface area contributed by atoms with Gasteiger partial charge in [-0.1, -0.05) is 237 Å². The molecule has 0 heterocycles. The van der Waals surface area contributed by atoms with E-state index in [1.807, 2.05) is 27.2 Å². The molecular formula is C55H108N2O6P+. The van der Waals surface area contributed by atoms with Crippen LogP contribution >= 0.6 is 7.82 Å². The number of hydrogen-bond donors (Lipinski definition) is 3. The van der Waals surface area contributed by atoms with Crippen LogP contribution in [-0.2, 0) is 18.4 Å². The van der Waals surface area contributed by atoms with Gasteiger partial charge in [-0.05, 0) is 51.4 Å². The number of phosphoric ester groups is 1. The fourth-order valence-electron chi connectivity index (χ4n) is 8.01. The van der Waals surface area contributed by atoms with Gasteiger partial charge in [0, 0.05) is 6.42 Å². The molecule has 0 rings (SSSR count). The fourth-order valence-corrected chi connectivity index (χ4v) is 8.75. The number of aliphatic hydroxyl groups is 1. The Morgan fingerprint density at radius 2 is 0.891 bits per heavy atom. The quantitative estimate of drug-likeness (QED) is 0.0243. The summed E-state index contributed by atoms with van der Waals surface area (Å²) in [4.78, 5) is 23.2. The van der Waals surface area contributed by atoms with E-state index >= 15 is 0 Å². The van der Waals surface area contributed by atoms with E-state index in [-0.39, 0.29) is 19.1 Å². The molecule has 0 aromatic heterocycles. The minimum Gasteiger partial charge on any atom is -0.387 e. The van der Waals surface area contributed by atoms with Gasteiger partial charge in [-0.15, -0.1) is 0 Å². The molecule has 0 bridgehead atoms. The van der Waals surface area contributed by atoms with Crippen LogP contribution in [0.3, 0.4) is 0 Å². The van der Waals surface area contributed by atoms with Crippen molar-refractivity contribution in [2.24, 2.45) is 0 Å². The molecule has 0 aromatic rings. The lowest BCUT2D eigenvalue weighted by Gasteiger charge is -2.25. The first kappa shape index (κ1) is 62.7. The van der Waals surface area contributed by atoms with Gasteiger partial charge in [0.15, 0.2) is 0 Å². The number of rotatable bonds is 50. The number of likely N-dealkylation sites (N-methyl/N-ethyl adjacent to an activating group) is 1. The highest BCUT2D eigenvalue weighted by molar-refractivity contribution is 7.47. The predicted octanol–water partition coefficient (Wildman–Crippen LogP) is 16.2. The van der Waals surface area contributed by atoms with Gasteiger partial charge in [-0.25, -0.2) is 4.57 Å². The third-order valence-electron chi connectivity index (χ3n) is 12.4. The Bertz CT molecular complexity index is 1140. The van der Waals surface area contributed by atoms with Gasteiger partial charge in [-0.3, -0.25) is 13.8 Å². The second kappa shape index (κ2) is 46.8. The van der Waals surface area contributed by atoms with Gasteiger partial charge in [-0.2, -0.15) is 0 Å². The van der Waals surface area contributed by atoms with Crippen molar-refractivity contribution < 1.29 is 32.9 Å². The topological polar surface area (TPSA) is 105 Å². The summed E-state index contributed by atoms with van der Waals surface area (Å²) in [5.41, 5.74) is 0. The predicted molar refractivity (Wildman–Crippen MR) is 277 cm³/mol. The summed E-state index contributed by atoms with van der Waals surface area (Å²) in [5, 5.41) is 13.9. The van der Waals surface area contributed by atoms with E-state index in [9.17, 15) is 19.4 Å². The third kappa shape index (κ3) is 48.6. The lowest BCUT2D eigenvalue weighted by atomic mass is 10.0. The number of allylic oxidation sites excluding steroid dienone is 5. The molecule has 0 saturated carbocycles. The van der Waals surface area contributed by atoms with Crippen LogP contribution in [0.25, 0.3) is 0 Å². The summed E-state index contributed by atoms with van der Waals surface area (Å²) < 4.78 is 23.7. The van der Waals surface area contributed by atoms with Crippen LogP contribution in [0, 0.1) is 0 Å². The number of carbonyl (C=O) groups excluding carboxylic acids is 1. The van der Waals surface area contributed by atoms with E-state index in [1.165, 1.54) is 193 Å². The number of phosphoric acid groups is 1. The molecule has 0 aromatic carbocycles. The van der Waals surface area contributed by atoms with E-state index in [0.29, 0.717) is 17.4 Å². The van der Waals surface area contributed by atoms with Gasteiger partial charge in [0.2, 0.25) is 5.91 Å². The van der Waals surface area contributed by atoms with Crippen LogP contribution in [0.1, 0.15) is 258 Å². The molecule has 0 aliphatic heterocycles. The molecule has 9 heteroatoms. The van der Waals surface area contributed by atoms with Crippen molar-refractivity contribution in [3.8, 4) is 0 Å². The molecule has 3 unspecified atom stereocenters. The van der Waals surface area contributed by atoms with Crippen LogP contribution in [-0.4, -0.2) is 73.4 Å². The molecule has 64 heavy (non-hydrogen) atoms. The summed E-state index contributed by atoms with van der Waals surface area (Å²) in [7, 11) is 1.58. The molecule has 0 saturated heterocycles. The number of aliphatic hydroxyl groups excluding tert-OH is 1. The Balaban J connectivity index is 4.16. The van der Waals surface area contributed by atoms with Crippen molar-refractivity contribution in [3.05, 3.63) is 36.5 Å². The number of hydrogen-bond acceptors (Lipinski definition) is 5. The minimum absolute atomic E-state index is 0.0624. The second-order valence-corrected chi connectivity index (χ2v) is 21.4. The fraction of sp³-hybridized carbons (Fsp3) is 0.873. The summed E-state index contributed by atoms with van der Waals surface area (Å²) in [6, 6.07) is -0.845. The molecule has 8 nitrogen and oxygen atoms in total. The number of quaternary nitrogens is 1. The van der Waals surface area contributed by atoms with Crippen molar-refractivity contribution in [1.29, 1.82) is 0 Å². The normalized spacial score (nSPS) is 14.3. The SMILES string of the molecule is CCCCCCC/C=C\C/C=C\CCCCCCCCCCCCCCCCCC(=O)NC(COP(=O)(O)OCC[N+](C)(C)C)C(O)/C=C/CCCCCCCCCCCCCCC. The van der Waals surface area contributed by atoms with Crippen molar-refractivity contribution in [1.82, 2.24) is 5.32 Å². The van der Waals surface area contributed by atoms with Crippen molar-refractivity contribution >= 4 is 13.7 Å². The van der Waals surface area contributed by atoms with Gasteiger partial charge in [0.05, 0.1) is 39.9 Å². The highest BCUT2D eigenvalue weighted by Gasteiger charge is 2.27. The first-order valence-electron chi connectivity index (χ1n) is 27.4. The van der Waals surface area contributed by atoms with E-state index in [2.05, 4.69) is 43.5 Å².